The van der Waals surface area contributed by atoms with Crippen molar-refractivity contribution >= 4 is 0 Å². The van der Waals surface area contributed by atoms with E-state index < -0.39 is 0 Å². The van der Waals surface area contributed by atoms with Crippen LogP contribution in [0.25, 0.3) is 0 Å². The van der Waals surface area contributed by atoms with E-state index in [0.29, 0.717) is 0 Å². The fraction of sp³-hybridized carbons (Fsp3) is 1.00. The third-order valence-corrected chi connectivity index (χ3v) is 2.43. The maximum absolute atomic E-state index is 5.76. The van der Waals surface area contributed by atoms with Crippen LogP contribution in [0.5, 0.6) is 0 Å². The lowest BCUT2D eigenvalue weighted by Gasteiger charge is -2.29. The zero-order chi connectivity index (χ0) is 8.32. The SMILES string of the molecule is CCC1(CN(C)C)CCCO1. The Bertz CT molecular complexity index is 117. The Morgan fingerprint density at radius 2 is 2.18 bits per heavy atom. The van der Waals surface area contributed by atoms with Gasteiger partial charge in [0.05, 0.1) is 5.60 Å². The molecule has 1 fully saturated rings. The van der Waals surface area contributed by atoms with Gasteiger partial charge in [-0.2, -0.15) is 0 Å². The largest absolute Gasteiger partial charge is 0.374 e. The predicted molar refractivity (Wildman–Crippen MR) is 46.8 cm³/mol. The number of hydrogen-bond acceptors (Lipinski definition) is 2. The summed E-state index contributed by atoms with van der Waals surface area (Å²) in [5.41, 5.74) is 0.184. The molecule has 1 saturated heterocycles. The van der Waals surface area contributed by atoms with Crippen molar-refractivity contribution in [3.8, 4) is 0 Å². The number of ether oxygens (including phenoxy) is 1. The molecule has 1 atom stereocenters. The molecular weight excluding hydrogens is 138 g/mol. The molecule has 0 spiro atoms. The van der Waals surface area contributed by atoms with E-state index in [4.69, 9.17) is 4.74 Å². The molecule has 0 bridgehead atoms. The van der Waals surface area contributed by atoms with Gasteiger partial charge < -0.3 is 9.64 Å². The van der Waals surface area contributed by atoms with Crippen molar-refractivity contribution in [3.63, 3.8) is 0 Å². The van der Waals surface area contributed by atoms with E-state index >= 15 is 0 Å². The van der Waals surface area contributed by atoms with E-state index in [0.717, 1.165) is 19.6 Å². The second kappa shape index (κ2) is 3.55. The molecule has 1 rings (SSSR count). The van der Waals surface area contributed by atoms with Gasteiger partial charge in [0.25, 0.3) is 0 Å². The summed E-state index contributed by atoms with van der Waals surface area (Å²) in [6.07, 6.45) is 3.62. The molecular formula is C9H19NO. The van der Waals surface area contributed by atoms with Crippen LogP contribution < -0.4 is 0 Å². The van der Waals surface area contributed by atoms with E-state index in [-0.39, 0.29) is 5.60 Å². The van der Waals surface area contributed by atoms with Gasteiger partial charge in [0.15, 0.2) is 0 Å². The molecule has 0 N–H and O–H groups in total. The summed E-state index contributed by atoms with van der Waals surface area (Å²) < 4.78 is 5.76. The van der Waals surface area contributed by atoms with Gasteiger partial charge in [0.2, 0.25) is 0 Å². The van der Waals surface area contributed by atoms with Gasteiger partial charge in [-0.3, -0.25) is 0 Å². The molecule has 1 aliphatic rings. The smallest absolute Gasteiger partial charge is 0.0806 e. The zero-order valence-electron chi connectivity index (χ0n) is 7.89. The maximum atomic E-state index is 5.76. The fourth-order valence-electron chi connectivity index (χ4n) is 1.85. The van der Waals surface area contributed by atoms with Crippen LogP contribution in [0.1, 0.15) is 26.2 Å². The molecule has 0 aromatic heterocycles. The normalized spacial score (nSPS) is 31.6. The first-order valence-corrected chi connectivity index (χ1v) is 4.47. The molecule has 0 aliphatic carbocycles. The van der Waals surface area contributed by atoms with Crippen molar-refractivity contribution < 1.29 is 4.74 Å². The lowest BCUT2D eigenvalue weighted by Crippen LogP contribution is -2.38. The van der Waals surface area contributed by atoms with E-state index in [9.17, 15) is 0 Å². The molecule has 0 amide bonds. The summed E-state index contributed by atoms with van der Waals surface area (Å²) in [6, 6.07) is 0. The van der Waals surface area contributed by atoms with E-state index in [1.165, 1.54) is 12.8 Å². The maximum Gasteiger partial charge on any atom is 0.0806 e. The lowest BCUT2D eigenvalue weighted by atomic mass is 9.96. The molecule has 1 heterocycles. The third kappa shape index (κ3) is 2.17. The zero-order valence-corrected chi connectivity index (χ0v) is 7.89. The van der Waals surface area contributed by atoms with Crippen LogP contribution in [-0.4, -0.2) is 37.7 Å². The second-order valence-electron chi connectivity index (χ2n) is 3.73. The molecule has 0 aromatic carbocycles. The summed E-state index contributed by atoms with van der Waals surface area (Å²) in [5, 5.41) is 0. The van der Waals surface area contributed by atoms with Gasteiger partial charge in [-0.05, 0) is 33.4 Å². The van der Waals surface area contributed by atoms with E-state index in [1.807, 2.05) is 0 Å². The molecule has 1 unspecified atom stereocenters. The number of nitrogens with zero attached hydrogens (tertiary/aromatic N) is 1. The Morgan fingerprint density at radius 1 is 1.45 bits per heavy atom. The Morgan fingerprint density at radius 3 is 2.55 bits per heavy atom. The van der Waals surface area contributed by atoms with Gasteiger partial charge in [0.1, 0.15) is 0 Å². The summed E-state index contributed by atoms with van der Waals surface area (Å²) in [7, 11) is 4.22. The lowest BCUT2D eigenvalue weighted by molar-refractivity contribution is -0.0168. The van der Waals surface area contributed by atoms with Crippen molar-refractivity contribution in [3.05, 3.63) is 0 Å². The first-order valence-electron chi connectivity index (χ1n) is 4.47. The highest BCUT2D eigenvalue weighted by molar-refractivity contribution is 4.85. The van der Waals surface area contributed by atoms with Crippen molar-refractivity contribution in [1.29, 1.82) is 0 Å². The molecule has 2 heteroatoms. The quantitative estimate of drug-likeness (QED) is 0.615. The highest BCUT2D eigenvalue weighted by atomic mass is 16.5. The first kappa shape index (κ1) is 9.01. The minimum absolute atomic E-state index is 0.184. The van der Waals surface area contributed by atoms with Gasteiger partial charge in [-0.25, -0.2) is 0 Å². The average Bonchev–Trinajstić information content (AvgIpc) is 2.36. The highest BCUT2D eigenvalue weighted by Gasteiger charge is 2.33. The molecule has 11 heavy (non-hydrogen) atoms. The van der Waals surface area contributed by atoms with Crippen molar-refractivity contribution in [2.24, 2.45) is 0 Å². The average molecular weight is 157 g/mol. The van der Waals surface area contributed by atoms with Crippen LogP contribution in [0, 0.1) is 0 Å². The predicted octanol–water partition coefficient (Wildman–Crippen LogP) is 1.51. The second-order valence-corrected chi connectivity index (χ2v) is 3.73. The van der Waals surface area contributed by atoms with Gasteiger partial charge in [-0.1, -0.05) is 6.92 Å². The Balaban J connectivity index is 2.45. The van der Waals surface area contributed by atoms with Crippen LogP contribution in [0.2, 0.25) is 0 Å². The third-order valence-electron chi connectivity index (χ3n) is 2.43. The van der Waals surface area contributed by atoms with Crippen molar-refractivity contribution in [2.45, 2.75) is 31.8 Å². The summed E-state index contributed by atoms with van der Waals surface area (Å²) >= 11 is 0. The molecule has 0 aromatic rings. The van der Waals surface area contributed by atoms with Gasteiger partial charge >= 0.3 is 0 Å². The number of hydrogen-bond donors (Lipinski definition) is 0. The Hall–Kier alpha value is -0.0800. The van der Waals surface area contributed by atoms with E-state index in [1.54, 1.807) is 0 Å². The van der Waals surface area contributed by atoms with Crippen LogP contribution in [0.4, 0.5) is 0 Å². The monoisotopic (exact) mass is 157 g/mol. The van der Waals surface area contributed by atoms with Crippen molar-refractivity contribution in [2.75, 3.05) is 27.2 Å². The summed E-state index contributed by atoms with van der Waals surface area (Å²) in [4.78, 5) is 2.22. The fourth-order valence-corrected chi connectivity index (χ4v) is 1.85. The van der Waals surface area contributed by atoms with Crippen LogP contribution in [0.3, 0.4) is 0 Å². The molecule has 0 radical (unpaired) electrons. The van der Waals surface area contributed by atoms with Crippen LogP contribution in [-0.2, 0) is 4.74 Å². The number of rotatable bonds is 3. The summed E-state index contributed by atoms with van der Waals surface area (Å²) in [5.74, 6) is 0. The first-order chi connectivity index (χ1) is 5.18. The molecule has 0 saturated carbocycles. The minimum atomic E-state index is 0.184. The van der Waals surface area contributed by atoms with E-state index in [2.05, 4.69) is 25.9 Å². The Labute approximate surface area is 69.5 Å². The molecule has 66 valence electrons. The topological polar surface area (TPSA) is 12.5 Å². The highest BCUT2D eigenvalue weighted by Crippen LogP contribution is 2.29. The minimum Gasteiger partial charge on any atom is -0.374 e. The number of likely N-dealkylation sites (N-methyl/N-ethyl adjacent to an activating group) is 1. The van der Waals surface area contributed by atoms with Crippen LogP contribution in [0.15, 0.2) is 0 Å². The standard InChI is InChI=1S/C9H19NO/c1-4-9(8-10(2)3)6-5-7-11-9/h4-8H2,1-3H3. The van der Waals surface area contributed by atoms with Gasteiger partial charge in [0, 0.05) is 13.2 Å². The molecule has 2 nitrogen and oxygen atoms in total. The van der Waals surface area contributed by atoms with Crippen molar-refractivity contribution in [1.82, 2.24) is 4.90 Å². The summed E-state index contributed by atoms with van der Waals surface area (Å²) in [6.45, 7) is 4.25. The Kier molecular flexibility index (Phi) is 2.90. The van der Waals surface area contributed by atoms with Crippen LogP contribution >= 0.6 is 0 Å². The molecule has 1 aliphatic heterocycles. The van der Waals surface area contributed by atoms with Gasteiger partial charge in [-0.15, -0.1) is 0 Å².